The lowest BCUT2D eigenvalue weighted by Crippen LogP contribution is -2.14. The van der Waals surface area contributed by atoms with Crippen molar-refractivity contribution in [2.45, 2.75) is 58.8 Å². The number of benzene rings is 1. The molecule has 0 bridgehead atoms. The van der Waals surface area contributed by atoms with Gasteiger partial charge in [-0.3, -0.25) is 0 Å². The van der Waals surface area contributed by atoms with Gasteiger partial charge in [0.15, 0.2) is 0 Å². The molecular formula is C18H28O. The van der Waals surface area contributed by atoms with E-state index in [0.29, 0.717) is 5.92 Å². The fourth-order valence-electron chi connectivity index (χ4n) is 2.40. The van der Waals surface area contributed by atoms with Gasteiger partial charge in [0.2, 0.25) is 0 Å². The second-order valence-corrected chi connectivity index (χ2v) is 6.12. The highest BCUT2D eigenvalue weighted by molar-refractivity contribution is 5.42. The molecule has 0 fully saturated rings. The molecule has 0 saturated carbocycles. The molecule has 0 aliphatic carbocycles. The maximum Gasteiger partial charge on any atom is 0.122 e. The van der Waals surface area contributed by atoms with Gasteiger partial charge in [-0.1, -0.05) is 52.0 Å². The Morgan fingerprint density at radius 3 is 2.42 bits per heavy atom. The van der Waals surface area contributed by atoms with Gasteiger partial charge in [0.05, 0.1) is 7.11 Å². The summed E-state index contributed by atoms with van der Waals surface area (Å²) in [5.74, 6) is 1.60. The minimum absolute atomic E-state index is 0.111. The summed E-state index contributed by atoms with van der Waals surface area (Å²) in [6.07, 6.45) is 6.68. The third-order valence-electron chi connectivity index (χ3n) is 3.65. The largest absolute Gasteiger partial charge is 0.496 e. The van der Waals surface area contributed by atoms with E-state index in [0.717, 1.165) is 12.2 Å². The van der Waals surface area contributed by atoms with Crippen molar-refractivity contribution in [2.75, 3.05) is 7.11 Å². The summed E-state index contributed by atoms with van der Waals surface area (Å²) in [6, 6.07) is 6.66. The molecule has 0 saturated heterocycles. The van der Waals surface area contributed by atoms with Crippen molar-refractivity contribution in [3.8, 4) is 5.75 Å². The molecule has 0 aliphatic rings. The van der Waals surface area contributed by atoms with E-state index in [1.54, 1.807) is 7.11 Å². The zero-order valence-electron chi connectivity index (χ0n) is 13.3. The van der Waals surface area contributed by atoms with E-state index in [-0.39, 0.29) is 5.41 Å². The first-order valence-corrected chi connectivity index (χ1v) is 7.23. The van der Waals surface area contributed by atoms with Crippen LogP contribution < -0.4 is 4.74 Å². The zero-order chi connectivity index (χ0) is 14.5. The molecule has 0 spiro atoms. The fraction of sp³-hybridized carbons (Fsp3) is 0.556. The molecule has 0 amide bonds. The lowest BCUT2D eigenvalue weighted by molar-refractivity contribution is 0.397. The van der Waals surface area contributed by atoms with Gasteiger partial charge in [-0.25, -0.2) is 0 Å². The van der Waals surface area contributed by atoms with Crippen LogP contribution >= 0.6 is 0 Å². The summed E-state index contributed by atoms with van der Waals surface area (Å²) >= 11 is 0. The second-order valence-electron chi connectivity index (χ2n) is 6.12. The molecule has 1 heteroatoms. The predicted octanol–water partition coefficient (Wildman–Crippen LogP) is 5.45. The second kappa shape index (κ2) is 6.79. The Morgan fingerprint density at radius 1 is 1.26 bits per heavy atom. The number of hydrogen-bond acceptors (Lipinski definition) is 1. The third kappa shape index (κ3) is 4.12. The molecule has 1 nitrogen and oxygen atoms in total. The zero-order valence-corrected chi connectivity index (χ0v) is 13.3. The SMILES string of the molecule is C/C=C\CC(CC)c1ccc(OC)c(C(C)(C)C)c1. The lowest BCUT2D eigenvalue weighted by Gasteiger charge is -2.24. The maximum absolute atomic E-state index is 5.51. The minimum atomic E-state index is 0.111. The molecule has 1 unspecified atom stereocenters. The Labute approximate surface area is 118 Å². The average molecular weight is 260 g/mol. The smallest absolute Gasteiger partial charge is 0.122 e. The van der Waals surface area contributed by atoms with Gasteiger partial charge in [0, 0.05) is 0 Å². The lowest BCUT2D eigenvalue weighted by atomic mass is 9.82. The summed E-state index contributed by atoms with van der Waals surface area (Å²) in [4.78, 5) is 0. The van der Waals surface area contributed by atoms with E-state index < -0.39 is 0 Å². The van der Waals surface area contributed by atoms with Crippen molar-refractivity contribution in [1.82, 2.24) is 0 Å². The van der Waals surface area contributed by atoms with Gasteiger partial charge >= 0.3 is 0 Å². The highest BCUT2D eigenvalue weighted by atomic mass is 16.5. The van der Waals surface area contributed by atoms with Crippen molar-refractivity contribution in [3.63, 3.8) is 0 Å². The number of allylic oxidation sites excluding steroid dienone is 2. The third-order valence-corrected chi connectivity index (χ3v) is 3.65. The van der Waals surface area contributed by atoms with Crippen LogP contribution in [-0.4, -0.2) is 7.11 Å². The minimum Gasteiger partial charge on any atom is -0.496 e. The molecule has 106 valence electrons. The van der Waals surface area contributed by atoms with Crippen LogP contribution in [0.15, 0.2) is 30.4 Å². The van der Waals surface area contributed by atoms with Crippen LogP contribution in [0.25, 0.3) is 0 Å². The summed E-state index contributed by atoms with van der Waals surface area (Å²) < 4.78 is 5.51. The normalized spacial score (nSPS) is 13.8. The van der Waals surface area contributed by atoms with E-state index in [4.69, 9.17) is 4.74 Å². The topological polar surface area (TPSA) is 9.23 Å². The van der Waals surface area contributed by atoms with Gasteiger partial charge in [-0.05, 0) is 48.3 Å². The van der Waals surface area contributed by atoms with Crippen LogP contribution in [0, 0.1) is 0 Å². The molecule has 1 atom stereocenters. The molecule has 19 heavy (non-hydrogen) atoms. The first-order chi connectivity index (χ1) is 8.93. The molecule has 1 rings (SSSR count). The van der Waals surface area contributed by atoms with Crippen LogP contribution in [0.4, 0.5) is 0 Å². The Kier molecular flexibility index (Phi) is 5.65. The molecule has 0 aromatic heterocycles. The Balaban J connectivity index is 3.16. The van der Waals surface area contributed by atoms with Crippen LogP contribution in [0.5, 0.6) is 5.75 Å². The Hall–Kier alpha value is -1.24. The monoisotopic (exact) mass is 260 g/mol. The number of methoxy groups -OCH3 is 1. The molecule has 0 heterocycles. The van der Waals surface area contributed by atoms with Crippen LogP contribution in [0.2, 0.25) is 0 Å². The van der Waals surface area contributed by atoms with Crippen LogP contribution in [0.1, 0.15) is 64.5 Å². The quantitative estimate of drug-likeness (QED) is 0.639. The average Bonchev–Trinajstić information content (AvgIpc) is 2.38. The first-order valence-electron chi connectivity index (χ1n) is 7.23. The Bertz CT molecular complexity index is 424. The van der Waals surface area contributed by atoms with Crippen molar-refractivity contribution < 1.29 is 4.74 Å². The molecule has 0 radical (unpaired) electrons. The first kappa shape index (κ1) is 15.8. The predicted molar refractivity (Wildman–Crippen MR) is 84.2 cm³/mol. The summed E-state index contributed by atoms with van der Waals surface area (Å²) in [5.41, 5.74) is 2.83. The number of hydrogen-bond donors (Lipinski definition) is 0. The van der Waals surface area contributed by atoms with E-state index in [2.05, 4.69) is 65.0 Å². The van der Waals surface area contributed by atoms with Crippen molar-refractivity contribution in [3.05, 3.63) is 41.5 Å². The molecule has 0 N–H and O–H groups in total. The number of rotatable bonds is 5. The van der Waals surface area contributed by atoms with E-state index in [1.165, 1.54) is 17.5 Å². The van der Waals surface area contributed by atoms with E-state index in [1.807, 2.05) is 0 Å². The van der Waals surface area contributed by atoms with Crippen molar-refractivity contribution >= 4 is 0 Å². The highest BCUT2D eigenvalue weighted by Gasteiger charge is 2.20. The van der Waals surface area contributed by atoms with E-state index in [9.17, 15) is 0 Å². The van der Waals surface area contributed by atoms with E-state index >= 15 is 0 Å². The summed E-state index contributed by atoms with van der Waals surface area (Å²) in [7, 11) is 1.75. The van der Waals surface area contributed by atoms with Crippen molar-refractivity contribution in [1.29, 1.82) is 0 Å². The molecule has 0 aliphatic heterocycles. The highest BCUT2D eigenvalue weighted by Crippen LogP contribution is 2.35. The number of ether oxygens (including phenoxy) is 1. The van der Waals surface area contributed by atoms with Gasteiger partial charge in [-0.15, -0.1) is 0 Å². The van der Waals surface area contributed by atoms with Crippen LogP contribution in [-0.2, 0) is 5.41 Å². The Morgan fingerprint density at radius 2 is 1.95 bits per heavy atom. The summed E-state index contributed by atoms with van der Waals surface area (Å²) in [5, 5.41) is 0. The van der Waals surface area contributed by atoms with Gasteiger partial charge in [0.1, 0.15) is 5.75 Å². The van der Waals surface area contributed by atoms with Gasteiger partial charge in [-0.2, -0.15) is 0 Å². The molecular weight excluding hydrogens is 232 g/mol. The standard InChI is InChI=1S/C18H28O/c1-7-9-10-14(8-2)15-11-12-17(19-6)16(13-15)18(3,4)5/h7,9,11-14H,8,10H2,1-6H3/b9-7-. The van der Waals surface area contributed by atoms with Gasteiger partial charge < -0.3 is 4.74 Å². The van der Waals surface area contributed by atoms with Gasteiger partial charge in [0.25, 0.3) is 0 Å². The molecule has 1 aromatic carbocycles. The summed E-state index contributed by atoms with van der Waals surface area (Å²) in [6.45, 7) is 11.1. The van der Waals surface area contributed by atoms with Crippen LogP contribution in [0.3, 0.4) is 0 Å². The maximum atomic E-state index is 5.51. The fourth-order valence-corrected chi connectivity index (χ4v) is 2.40. The van der Waals surface area contributed by atoms with Crippen molar-refractivity contribution in [2.24, 2.45) is 0 Å². The molecule has 1 aromatic rings.